The summed E-state index contributed by atoms with van der Waals surface area (Å²) in [5.74, 6) is -0.722. The number of nitrogens with one attached hydrogen (secondary N) is 1. The van der Waals surface area contributed by atoms with Crippen molar-refractivity contribution in [3.05, 3.63) is 125 Å². The summed E-state index contributed by atoms with van der Waals surface area (Å²) in [7, 11) is -4.01. The van der Waals surface area contributed by atoms with Crippen LogP contribution in [0.2, 0.25) is 0 Å². The highest BCUT2D eigenvalue weighted by molar-refractivity contribution is 7.92. The predicted molar refractivity (Wildman–Crippen MR) is 150 cm³/mol. The number of ether oxygens (including phenoxy) is 1. The number of amides is 1. The van der Waals surface area contributed by atoms with Crippen LogP contribution in [0.1, 0.15) is 27.0 Å². The minimum atomic E-state index is -4.01. The van der Waals surface area contributed by atoms with Crippen molar-refractivity contribution in [2.24, 2.45) is 5.10 Å². The lowest BCUT2D eigenvalue weighted by Gasteiger charge is -2.24. The third kappa shape index (κ3) is 6.97. The van der Waals surface area contributed by atoms with Gasteiger partial charge in [-0.1, -0.05) is 42.5 Å². The molecule has 8 nitrogen and oxygen atoms in total. The molecule has 0 aliphatic rings. The second kappa shape index (κ2) is 12.2. The van der Waals surface area contributed by atoms with Gasteiger partial charge in [0.25, 0.3) is 15.9 Å². The van der Waals surface area contributed by atoms with Gasteiger partial charge in [0, 0.05) is 0 Å². The smallest absolute Gasteiger partial charge is 0.343 e. The van der Waals surface area contributed by atoms with E-state index in [1.807, 2.05) is 26.0 Å². The number of hydrazone groups is 1. The third-order valence-corrected chi connectivity index (χ3v) is 7.69. The Hall–Kier alpha value is -4.76. The average molecular weight is 542 g/mol. The van der Waals surface area contributed by atoms with Crippen molar-refractivity contribution in [2.45, 2.75) is 18.7 Å². The Morgan fingerprint density at radius 2 is 1.49 bits per heavy atom. The lowest BCUT2D eigenvalue weighted by molar-refractivity contribution is -0.119. The normalized spacial score (nSPS) is 11.2. The number of nitrogens with zero attached hydrogens (tertiary/aromatic N) is 2. The number of carbonyl (C=O) groups is 2. The number of hydrogen-bond acceptors (Lipinski definition) is 6. The van der Waals surface area contributed by atoms with Crippen molar-refractivity contribution >= 4 is 33.8 Å². The van der Waals surface area contributed by atoms with E-state index < -0.39 is 28.4 Å². The monoisotopic (exact) mass is 541 g/mol. The number of aryl methyl sites for hydroxylation is 2. The molecule has 1 N–H and O–H groups in total. The summed E-state index contributed by atoms with van der Waals surface area (Å²) in [5, 5.41) is 3.96. The first kappa shape index (κ1) is 27.3. The van der Waals surface area contributed by atoms with Crippen LogP contribution in [0.25, 0.3) is 0 Å². The fraction of sp³-hybridized carbons (Fsp3) is 0.100. The standard InChI is InChI=1S/C30H27N3O5S/c1-22-13-16-26(19-23(22)2)33(39(36,37)28-11-7-4-8-12-28)21-29(34)32-31-20-24-14-17-27(18-15-24)38-30(35)25-9-5-3-6-10-25/h3-20H,21H2,1-2H3,(H,32,34). The van der Waals surface area contributed by atoms with Crippen molar-refractivity contribution in [3.8, 4) is 5.75 Å². The Bertz CT molecular complexity index is 1590. The largest absolute Gasteiger partial charge is 0.423 e. The number of anilines is 1. The first-order valence-electron chi connectivity index (χ1n) is 12.1. The second-order valence-corrected chi connectivity index (χ2v) is 10.6. The van der Waals surface area contributed by atoms with Crippen LogP contribution in [0.5, 0.6) is 5.75 Å². The van der Waals surface area contributed by atoms with Crippen LogP contribution in [-0.4, -0.2) is 33.1 Å². The molecule has 9 heteroatoms. The van der Waals surface area contributed by atoms with Crippen molar-refractivity contribution in [1.82, 2.24) is 5.43 Å². The molecule has 39 heavy (non-hydrogen) atoms. The van der Waals surface area contributed by atoms with Crippen molar-refractivity contribution in [1.29, 1.82) is 0 Å². The van der Waals surface area contributed by atoms with E-state index in [1.165, 1.54) is 18.3 Å². The van der Waals surface area contributed by atoms with Crippen LogP contribution < -0.4 is 14.5 Å². The zero-order valence-electron chi connectivity index (χ0n) is 21.4. The fourth-order valence-electron chi connectivity index (χ4n) is 3.62. The highest BCUT2D eigenvalue weighted by Crippen LogP contribution is 2.25. The molecule has 0 aliphatic heterocycles. The maximum atomic E-state index is 13.4. The molecule has 0 bridgehead atoms. The summed E-state index contributed by atoms with van der Waals surface area (Å²) in [5.41, 5.74) is 5.75. The van der Waals surface area contributed by atoms with E-state index in [1.54, 1.807) is 78.9 Å². The Morgan fingerprint density at radius 3 is 2.13 bits per heavy atom. The zero-order valence-corrected chi connectivity index (χ0v) is 22.3. The first-order chi connectivity index (χ1) is 18.7. The first-order valence-corrected chi connectivity index (χ1v) is 13.5. The quantitative estimate of drug-likeness (QED) is 0.141. The molecule has 0 aliphatic carbocycles. The molecule has 0 saturated carbocycles. The number of hydrogen-bond donors (Lipinski definition) is 1. The Morgan fingerprint density at radius 1 is 0.846 bits per heavy atom. The minimum Gasteiger partial charge on any atom is -0.423 e. The zero-order chi connectivity index (χ0) is 27.8. The van der Waals surface area contributed by atoms with Gasteiger partial charge in [0.05, 0.1) is 22.4 Å². The van der Waals surface area contributed by atoms with Gasteiger partial charge < -0.3 is 4.74 Å². The van der Waals surface area contributed by atoms with Crippen molar-refractivity contribution < 1.29 is 22.7 Å². The maximum Gasteiger partial charge on any atom is 0.343 e. The molecule has 0 heterocycles. The number of carbonyl (C=O) groups excluding carboxylic acids is 2. The van der Waals surface area contributed by atoms with E-state index in [-0.39, 0.29) is 4.90 Å². The fourth-order valence-corrected chi connectivity index (χ4v) is 5.06. The number of benzene rings is 4. The SMILES string of the molecule is Cc1ccc(N(CC(=O)NN=Cc2ccc(OC(=O)c3ccccc3)cc2)S(=O)(=O)c2ccccc2)cc1C. The minimum absolute atomic E-state index is 0.0765. The van der Waals surface area contributed by atoms with Crippen molar-refractivity contribution in [2.75, 3.05) is 10.8 Å². The lowest BCUT2D eigenvalue weighted by atomic mass is 10.1. The van der Waals surface area contributed by atoms with E-state index >= 15 is 0 Å². The number of sulfonamides is 1. The van der Waals surface area contributed by atoms with E-state index in [0.29, 0.717) is 22.6 Å². The van der Waals surface area contributed by atoms with Crippen LogP contribution in [0.3, 0.4) is 0 Å². The molecule has 0 unspecified atom stereocenters. The Kier molecular flexibility index (Phi) is 8.53. The summed E-state index contributed by atoms with van der Waals surface area (Å²) >= 11 is 0. The van der Waals surface area contributed by atoms with Crippen LogP contribution in [0.4, 0.5) is 5.69 Å². The molecule has 198 valence electrons. The van der Waals surface area contributed by atoms with Crippen LogP contribution in [-0.2, 0) is 14.8 Å². The molecule has 1 amide bonds. The second-order valence-electron chi connectivity index (χ2n) is 8.71. The van der Waals surface area contributed by atoms with Crippen LogP contribution >= 0.6 is 0 Å². The predicted octanol–water partition coefficient (Wildman–Crippen LogP) is 4.87. The van der Waals surface area contributed by atoms with Gasteiger partial charge >= 0.3 is 5.97 Å². The molecule has 0 spiro atoms. The van der Waals surface area contributed by atoms with Gasteiger partial charge in [-0.05, 0) is 91.2 Å². The maximum absolute atomic E-state index is 13.4. The van der Waals surface area contributed by atoms with E-state index in [0.717, 1.165) is 15.4 Å². The van der Waals surface area contributed by atoms with Gasteiger partial charge in [-0.25, -0.2) is 18.6 Å². The van der Waals surface area contributed by atoms with Crippen molar-refractivity contribution in [3.63, 3.8) is 0 Å². The highest BCUT2D eigenvalue weighted by Gasteiger charge is 2.27. The highest BCUT2D eigenvalue weighted by atomic mass is 32.2. The topological polar surface area (TPSA) is 105 Å². The van der Waals surface area contributed by atoms with Gasteiger partial charge in [-0.2, -0.15) is 5.10 Å². The lowest BCUT2D eigenvalue weighted by Crippen LogP contribution is -2.39. The molecular formula is C30H27N3O5S. The molecule has 0 fully saturated rings. The van der Waals surface area contributed by atoms with Gasteiger partial charge in [-0.3, -0.25) is 9.10 Å². The summed E-state index contributed by atoms with van der Waals surface area (Å²) in [4.78, 5) is 25.0. The molecule has 0 radical (unpaired) electrons. The van der Waals surface area contributed by atoms with E-state index in [9.17, 15) is 18.0 Å². The molecule has 0 atom stereocenters. The summed E-state index contributed by atoms with van der Waals surface area (Å²) in [6, 6.07) is 28.4. The Balaban J connectivity index is 1.43. The van der Waals surface area contributed by atoms with Crippen LogP contribution in [0, 0.1) is 13.8 Å². The molecule has 4 rings (SSSR count). The van der Waals surface area contributed by atoms with Crippen LogP contribution in [0.15, 0.2) is 113 Å². The molecule has 4 aromatic carbocycles. The number of esters is 1. The van der Waals surface area contributed by atoms with E-state index in [2.05, 4.69) is 10.5 Å². The summed E-state index contributed by atoms with van der Waals surface area (Å²) in [6.45, 7) is 3.34. The molecule has 0 saturated heterocycles. The van der Waals surface area contributed by atoms with Gasteiger partial charge in [0.15, 0.2) is 0 Å². The third-order valence-electron chi connectivity index (χ3n) is 5.90. The van der Waals surface area contributed by atoms with Gasteiger partial charge in [0.1, 0.15) is 12.3 Å². The van der Waals surface area contributed by atoms with Gasteiger partial charge in [-0.15, -0.1) is 0 Å². The molecular weight excluding hydrogens is 514 g/mol. The van der Waals surface area contributed by atoms with E-state index in [4.69, 9.17) is 4.74 Å². The Labute approximate surface area is 227 Å². The average Bonchev–Trinajstić information content (AvgIpc) is 2.95. The number of rotatable bonds is 9. The molecule has 4 aromatic rings. The summed E-state index contributed by atoms with van der Waals surface area (Å²) in [6.07, 6.45) is 1.41. The summed E-state index contributed by atoms with van der Waals surface area (Å²) < 4.78 is 33.3. The van der Waals surface area contributed by atoms with Gasteiger partial charge in [0.2, 0.25) is 0 Å². The molecule has 0 aromatic heterocycles.